The van der Waals surface area contributed by atoms with E-state index in [1.54, 1.807) is 0 Å². The average Bonchev–Trinajstić information content (AvgIpc) is 3.10. The maximum absolute atomic E-state index is 12.3. The molecule has 2 aromatic carbocycles. The number of rotatable bonds is 10. The highest BCUT2D eigenvalue weighted by molar-refractivity contribution is 5.85. The van der Waals surface area contributed by atoms with Crippen LogP contribution in [0, 0.1) is 0 Å². The Balaban J connectivity index is 0.00000210. The van der Waals surface area contributed by atoms with Crippen LogP contribution in [0.4, 0.5) is 5.69 Å². The van der Waals surface area contributed by atoms with Crippen LogP contribution in [0.25, 0.3) is 0 Å². The summed E-state index contributed by atoms with van der Waals surface area (Å²) >= 11 is 0. The van der Waals surface area contributed by atoms with Gasteiger partial charge in [0.25, 0.3) is 0 Å². The molecule has 1 heterocycles. The Morgan fingerprint density at radius 2 is 1.76 bits per heavy atom. The fraction of sp³-hybridized carbons (Fsp3) is 0.409. The van der Waals surface area contributed by atoms with Crippen molar-refractivity contribution in [2.45, 2.75) is 12.8 Å². The van der Waals surface area contributed by atoms with E-state index in [1.807, 2.05) is 18.2 Å². The van der Waals surface area contributed by atoms with Crippen molar-refractivity contribution in [3.05, 3.63) is 65.7 Å². The summed E-state index contributed by atoms with van der Waals surface area (Å²) in [5.74, 6) is 0.0731. The van der Waals surface area contributed by atoms with Crippen LogP contribution in [0.15, 0.2) is 54.6 Å². The fourth-order valence-corrected chi connectivity index (χ4v) is 3.61. The monoisotopic (exact) mass is 438 g/mol. The minimum absolute atomic E-state index is 0. The predicted octanol–water partition coefficient (Wildman–Crippen LogP) is 2.51. The van der Waals surface area contributed by atoms with Gasteiger partial charge in [0.15, 0.2) is 0 Å². The molecule has 0 fully saturated rings. The lowest BCUT2D eigenvalue weighted by atomic mass is 10.1. The molecule has 0 radical (unpaired) electrons. The van der Waals surface area contributed by atoms with E-state index >= 15 is 0 Å². The fourth-order valence-electron chi connectivity index (χ4n) is 3.61. The molecule has 0 spiro atoms. The van der Waals surface area contributed by atoms with Gasteiger partial charge in [-0.25, -0.2) is 0 Å². The van der Waals surface area contributed by atoms with Crippen molar-refractivity contribution < 1.29 is 4.79 Å². The highest BCUT2D eigenvalue weighted by atomic mass is 35.5. The zero-order valence-electron chi connectivity index (χ0n) is 16.8. The number of fused-ring (bicyclic) bond motifs is 1. The topological polar surface area (TPSA) is 61.6 Å². The van der Waals surface area contributed by atoms with Crippen molar-refractivity contribution in [1.82, 2.24) is 10.2 Å². The van der Waals surface area contributed by atoms with E-state index in [0.29, 0.717) is 19.6 Å². The van der Waals surface area contributed by atoms with Crippen LogP contribution in [0.2, 0.25) is 0 Å². The molecule has 0 atom stereocenters. The molecular weight excluding hydrogens is 407 g/mol. The lowest BCUT2D eigenvalue weighted by molar-refractivity contribution is -0.122. The van der Waals surface area contributed by atoms with Crippen LogP contribution < -0.4 is 16.0 Å². The summed E-state index contributed by atoms with van der Waals surface area (Å²) in [5.41, 5.74) is 9.71. The lowest BCUT2D eigenvalue weighted by Crippen LogP contribution is -2.42. The Bertz CT molecular complexity index is 730. The molecule has 0 saturated carbocycles. The molecule has 1 aliphatic rings. The molecule has 5 nitrogen and oxygen atoms in total. The standard InChI is InChI=1S/C22H30N4O.2ClH/c23-12-16-25(14-10-19-6-2-1-3-7-19)18-22(27)24-13-17-26-15-11-20-8-4-5-9-21(20)26;;/h1-9H,10-18,23H2,(H,24,27);2*1H. The zero-order valence-corrected chi connectivity index (χ0v) is 18.4. The molecule has 3 rings (SSSR count). The second-order valence-electron chi connectivity index (χ2n) is 7.02. The molecule has 160 valence electrons. The summed E-state index contributed by atoms with van der Waals surface area (Å²) in [6, 6.07) is 18.9. The number of halogens is 2. The van der Waals surface area contributed by atoms with Crippen LogP contribution in [-0.4, -0.2) is 56.6 Å². The highest BCUT2D eigenvalue weighted by Gasteiger charge is 2.18. The average molecular weight is 439 g/mol. The summed E-state index contributed by atoms with van der Waals surface area (Å²) in [4.78, 5) is 16.8. The first-order chi connectivity index (χ1) is 13.3. The van der Waals surface area contributed by atoms with Crippen molar-refractivity contribution in [1.29, 1.82) is 0 Å². The molecule has 1 amide bonds. The van der Waals surface area contributed by atoms with E-state index in [1.165, 1.54) is 16.8 Å². The number of para-hydroxylation sites is 1. The first-order valence-electron chi connectivity index (χ1n) is 9.82. The van der Waals surface area contributed by atoms with Crippen molar-refractivity contribution >= 4 is 36.4 Å². The Labute approximate surface area is 186 Å². The van der Waals surface area contributed by atoms with Gasteiger partial charge in [0.2, 0.25) is 5.91 Å². The molecule has 0 saturated heterocycles. The number of anilines is 1. The minimum Gasteiger partial charge on any atom is -0.369 e. The molecule has 29 heavy (non-hydrogen) atoms. The van der Waals surface area contributed by atoms with Gasteiger partial charge in [0.1, 0.15) is 0 Å². The van der Waals surface area contributed by atoms with Gasteiger partial charge >= 0.3 is 0 Å². The summed E-state index contributed by atoms with van der Waals surface area (Å²) in [7, 11) is 0. The number of hydrogen-bond donors (Lipinski definition) is 2. The third kappa shape index (κ3) is 7.86. The molecule has 0 aromatic heterocycles. The Morgan fingerprint density at radius 3 is 2.52 bits per heavy atom. The van der Waals surface area contributed by atoms with Crippen molar-refractivity contribution in [2.24, 2.45) is 5.73 Å². The minimum atomic E-state index is 0. The zero-order chi connectivity index (χ0) is 18.9. The number of amides is 1. The molecule has 2 aromatic rings. The second kappa shape index (κ2) is 13.4. The normalized spacial score (nSPS) is 12.1. The van der Waals surface area contributed by atoms with Gasteiger partial charge in [-0.1, -0.05) is 48.5 Å². The van der Waals surface area contributed by atoms with E-state index in [0.717, 1.165) is 39.0 Å². The van der Waals surface area contributed by atoms with Crippen molar-refractivity contribution in [3.8, 4) is 0 Å². The molecule has 0 bridgehead atoms. The van der Waals surface area contributed by atoms with Gasteiger partial charge in [-0.2, -0.15) is 0 Å². The summed E-state index contributed by atoms with van der Waals surface area (Å²) in [6.45, 7) is 5.10. The van der Waals surface area contributed by atoms with Gasteiger partial charge in [0.05, 0.1) is 6.54 Å². The number of benzene rings is 2. The van der Waals surface area contributed by atoms with E-state index in [-0.39, 0.29) is 30.7 Å². The van der Waals surface area contributed by atoms with Crippen LogP contribution in [0.5, 0.6) is 0 Å². The predicted molar refractivity (Wildman–Crippen MR) is 126 cm³/mol. The van der Waals surface area contributed by atoms with Gasteiger partial charge in [-0.3, -0.25) is 9.69 Å². The van der Waals surface area contributed by atoms with E-state index in [9.17, 15) is 4.79 Å². The third-order valence-electron chi connectivity index (χ3n) is 5.06. The van der Waals surface area contributed by atoms with Crippen LogP contribution in [0.3, 0.4) is 0 Å². The maximum atomic E-state index is 12.3. The molecular formula is C22H32Cl2N4O. The highest BCUT2D eigenvalue weighted by Crippen LogP contribution is 2.26. The molecule has 0 unspecified atom stereocenters. The number of nitrogens with one attached hydrogen (secondary N) is 1. The number of nitrogens with two attached hydrogens (primary N) is 1. The number of nitrogens with zero attached hydrogens (tertiary/aromatic N) is 2. The maximum Gasteiger partial charge on any atom is 0.234 e. The SMILES string of the molecule is Cl.Cl.NCCN(CCc1ccccc1)CC(=O)NCCN1CCc2ccccc21. The lowest BCUT2D eigenvalue weighted by Gasteiger charge is -2.22. The molecule has 0 aliphatic carbocycles. The smallest absolute Gasteiger partial charge is 0.234 e. The molecule has 1 aliphatic heterocycles. The van der Waals surface area contributed by atoms with Gasteiger partial charge in [0, 0.05) is 45.0 Å². The first-order valence-corrected chi connectivity index (χ1v) is 9.82. The van der Waals surface area contributed by atoms with Gasteiger partial charge < -0.3 is 16.0 Å². The number of carbonyl (C=O) groups excluding carboxylic acids is 1. The van der Waals surface area contributed by atoms with Crippen LogP contribution in [0.1, 0.15) is 11.1 Å². The Hall–Kier alpha value is -1.79. The van der Waals surface area contributed by atoms with E-state index < -0.39 is 0 Å². The largest absolute Gasteiger partial charge is 0.369 e. The van der Waals surface area contributed by atoms with Gasteiger partial charge in [-0.05, 0) is 30.0 Å². The molecule has 3 N–H and O–H groups in total. The summed E-state index contributed by atoms with van der Waals surface area (Å²) in [5, 5.41) is 3.06. The molecule has 7 heteroatoms. The first kappa shape index (κ1) is 25.2. The summed E-state index contributed by atoms with van der Waals surface area (Å²) in [6.07, 6.45) is 2.02. The quantitative estimate of drug-likeness (QED) is 0.597. The summed E-state index contributed by atoms with van der Waals surface area (Å²) < 4.78 is 0. The second-order valence-corrected chi connectivity index (χ2v) is 7.02. The van der Waals surface area contributed by atoms with Crippen molar-refractivity contribution in [2.75, 3.05) is 50.7 Å². The van der Waals surface area contributed by atoms with Gasteiger partial charge in [-0.15, -0.1) is 24.8 Å². The van der Waals surface area contributed by atoms with E-state index in [4.69, 9.17) is 5.73 Å². The Morgan fingerprint density at radius 1 is 1.03 bits per heavy atom. The van der Waals surface area contributed by atoms with Crippen LogP contribution in [-0.2, 0) is 17.6 Å². The number of hydrogen-bond acceptors (Lipinski definition) is 4. The Kier molecular flexibility index (Phi) is 11.7. The van der Waals surface area contributed by atoms with Crippen molar-refractivity contribution in [3.63, 3.8) is 0 Å². The number of carbonyl (C=O) groups is 1. The van der Waals surface area contributed by atoms with Crippen LogP contribution >= 0.6 is 24.8 Å². The third-order valence-corrected chi connectivity index (χ3v) is 5.06. The van der Waals surface area contributed by atoms with E-state index in [2.05, 4.69) is 51.5 Å².